The van der Waals surface area contributed by atoms with E-state index in [9.17, 15) is 19.2 Å². The first-order valence-electron chi connectivity index (χ1n) is 29.1. The maximum absolute atomic E-state index is 15.5. The van der Waals surface area contributed by atoms with Crippen LogP contribution in [0, 0.1) is 52.3 Å². The number of nitrogens with one attached hydrogen (secondary N) is 3. The molecule has 3 aliphatic carbocycles. The number of rotatable bonds is 17. The molecule has 5 amide bonds. The number of methoxy groups -OCH3 is 1. The molecule has 5 aliphatic rings. The maximum Gasteiger partial charge on any atom is 0.408 e. The highest BCUT2D eigenvalue weighted by Gasteiger charge is 2.69. The molecule has 2 aromatic carbocycles. The van der Waals surface area contributed by atoms with Gasteiger partial charge < -0.3 is 44.7 Å². The summed E-state index contributed by atoms with van der Waals surface area (Å²) in [5, 5.41) is 8.97. The largest absolute Gasteiger partial charge is 0.467 e. The minimum Gasteiger partial charge on any atom is -0.467 e. The second kappa shape index (κ2) is 24.0. The molecule has 5 fully saturated rings. The number of ether oxygens (including phenoxy) is 4. The Bertz CT molecular complexity index is 2420. The molecule has 2 aromatic rings. The number of hydrogen-bond acceptors (Lipinski definition) is 10. The molecule has 7 rings (SSSR count). The van der Waals surface area contributed by atoms with Crippen LogP contribution in [0.4, 0.5) is 4.79 Å². The van der Waals surface area contributed by atoms with Crippen molar-refractivity contribution in [2.45, 2.75) is 201 Å². The van der Waals surface area contributed by atoms with E-state index in [4.69, 9.17) is 18.9 Å². The first kappa shape index (κ1) is 60.6. The molecule has 1 spiro atoms. The SMILES string of the molecule is COC(=O)[C@H](Cc1ccccc1)N(CC(=O)NC(C)(C)C)C(=O)C[C@@H]1CC[C@@H]2[C@H](CC[C@]3(C)[C@@H]4[C@H](C[C@@H]23)O[C@]2(CC[C@@H](C)CO2)[C@H]4C)[C@@]1(C)CCN(CC(=O)NC(C)(C)C)C(=O)[C@H](Cc1ccccc1)NC(=O)OC(C)(C)C. The second-order valence-corrected chi connectivity index (χ2v) is 27.6. The van der Waals surface area contributed by atoms with E-state index in [0.29, 0.717) is 37.2 Å². The topological polar surface area (TPSA) is 182 Å². The van der Waals surface area contributed by atoms with E-state index in [0.717, 1.165) is 49.7 Å². The van der Waals surface area contributed by atoms with Crippen LogP contribution in [0.15, 0.2) is 60.7 Å². The van der Waals surface area contributed by atoms with Crippen molar-refractivity contribution in [3.05, 3.63) is 71.8 Å². The molecule has 0 unspecified atom stereocenters. The van der Waals surface area contributed by atoms with Gasteiger partial charge in [0.25, 0.3) is 0 Å². The van der Waals surface area contributed by atoms with Crippen molar-refractivity contribution in [1.82, 2.24) is 25.8 Å². The highest BCUT2D eigenvalue weighted by atomic mass is 16.7. The quantitative estimate of drug-likeness (QED) is 0.129. The van der Waals surface area contributed by atoms with Crippen molar-refractivity contribution in [2.24, 2.45) is 52.3 Å². The van der Waals surface area contributed by atoms with Gasteiger partial charge in [0.15, 0.2) is 5.79 Å². The summed E-state index contributed by atoms with van der Waals surface area (Å²) in [7, 11) is 1.31. The Morgan fingerprint density at radius 2 is 1.36 bits per heavy atom. The van der Waals surface area contributed by atoms with Gasteiger partial charge in [-0.05, 0) is 165 Å². The lowest BCUT2D eigenvalue weighted by Gasteiger charge is -2.60. The van der Waals surface area contributed by atoms with Gasteiger partial charge in [-0.2, -0.15) is 0 Å². The smallest absolute Gasteiger partial charge is 0.408 e. The van der Waals surface area contributed by atoms with Crippen molar-refractivity contribution >= 4 is 35.7 Å². The van der Waals surface area contributed by atoms with Crippen LogP contribution in [-0.2, 0) is 55.8 Å². The average molecular weight is 1080 g/mol. The molecular formula is C63H95N5O10. The summed E-state index contributed by atoms with van der Waals surface area (Å²) in [5.41, 5.74) is -0.963. The molecule has 3 N–H and O–H groups in total. The van der Waals surface area contributed by atoms with Gasteiger partial charge in [-0.25, -0.2) is 9.59 Å². The van der Waals surface area contributed by atoms with E-state index < -0.39 is 57.9 Å². The molecule has 15 nitrogen and oxygen atoms in total. The minimum absolute atomic E-state index is 0.00182. The number of amides is 5. The van der Waals surface area contributed by atoms with Crippen molar-refractivity contribution < 1.29 is 47.7 Å². The molecule has 0 radical (unpaired) electrons. The van der Waals surface area contributed by atoms with Crippen LogP contribution in [0.1, 0.15) is 159 Å². The zero-order valence-electron chi connectivity index (χ0n) is 49.6. The Kier molecular flexibility index (Phi) is 18.6. The van der Waals surface area contributed by atoms with Crippen molar-refractivity contribution in [1.29, 1.82) is 0 Å². The van der Waals surface area contributed by atoms with E-state index in [2.05, 4.69) is 43.6 Å². The standard InChI is InChI=1S/C63H95N5O10/c1-40-27-30-63(76-39-40)41(2)54-50(77-63)36-47-45-26-25-44(35-53(71)68(38-52(70)66-59(6,7)8)49(56(73)75-14)34-43-23-19-16-20-24-43)61(12,46(45)28-29-62(47,54)13)31-32-67(37-51(69)65-58(3,4)5)55(72)48(33-42-21-17-15-18-22-42)64-57(74)78-60(9,10)11/h15-24,40-41,44-50,54H,25-39H2,1-14H3,(H,64,74)(H,65,69)(H,66,70)/t40-,41+,44+,45-,46+,47+,48+,49+,50+,54+,61+,62+,63-/m1/s1. The highest BCUT2D eigenvalue weighted by Crippen LogP contribution is 2.71. The number of benzene rings is 2. The van der Waals surface area contributed by atoms with Gasteiger partial charge in [0.1, 0.15) is 24.2 Å². The Hall–Kier alpha value is -5.02. The Morgan fingerprint density at radius 1 is 0.756 bits per heavy atom. The van der Waals surface area contributed by atoms with Crippen molar-refractivity contribution in [3.63, 3.8) is 0 Å². The van der Waals surface area contributed by atoms with Gasteiger partial charge in [0, 0.05) is 49.2 Å². The summed E-state index contributed by atoms with van der Waals surface area (Å²) >= 11 is 0. The summed E-state index contributed by atoms with van der Waals surface area (Å²) in [5.74, 6) is -1.05. The number of esters is 1. The van der Waals surface area contributed by atoms with Gasteiger partial charge >= 0.3 is 12.1 Å². The third kappa shape index (κ3) is 14.3. The average Bonchev–Trinajstić information content (AvgIpc) is 4.04. The van der Waals surface area contributed by atoms with Crippen LogP contribution in [0.5, 0.6) is 0 Å². The molecule has 2 heterocycles. The Balaban J connectivity index is 1.26. The van der Waals surface area contributed by atoms with E-state index in [1.54, 1.807) is 25.7 Å². The van der Waals surface area contributed by atoms with Crippen molar-refractivity contribution in [2.75, 3.05) is 33.4 Å². The summed E-state index contributed by atoms with van der Waals surface area (Å²) in [6, 6.07) is 16.8. The normalized spacial score (nSPS) is 30.4. The predicted molar refractivity (Wildman–Crippen MR) is 300 cm³/mol. The number of nitrogens with zero attached hydrogens (tertiary/aromatic N) is 2. The van der Waals surface area contributed by atoms with Gasteiger partial charge in [-0.1, -0.05) is 88.4 Å². The van der Waals surface area contributed by atoms with Crippen LogP contribution in [0.2, 0.25) is 0 Å². The molecule has 0 bridgehead atoms. The number of alkyl carbamates (subject to hydrolysis) is 1. The summed E-state index contributed by atoms with van der Waals surface area (Å²) in [4.78, 5) is 89.5. The Morgan fingerprint density at radius 3 is 1.92 bits per heavy atom. The molecule has 432 valence electrons. The number of carbonyl (C=O) groups is 6. The lowest BCUT2D eigenvalue weighted by molar-refractivity contribution is -0.273. The lowest BCUT2D eigenvalue weighted by atomic mass is 9.45. The zero-order valence-corrected chi connectivity index (χ0v) is 49.6. The molecular weight excluding hydrogens is 987 g/mol. The van der Waals surface area contributed by atoms with E-state index in [1.165, 1.54) is 12.0 Å². The van der Waals surface area contributed by atoms with Crippen LogP contribution in [0.3, 0.4) is 0 Å². The first-order chi connectivity index (χ1) is 36.4. The summed E-state index contributed by atoms with van der Waals surface area (Å²) < 4.78 is 24.9. The highest BCUT2D eigenvalue weighted by molar-refractivity contribution is 5.91. The zero-order chi connectivity index (χ0) is 57.2. The molecule has 2 aliphatic heterocycles. The first-order valence-corrected chi connectivity index (χ1v) is 29.1. The minimum atomic E-state index is -1.08. The van der Waals surface area contributed by atoms with Gasteiger partial charge in [0.05, 0.1) is 26.4 Å². The van der Waals surface area contributed by atoms with E-state index in [-0.39, 0.29) is 91.8 Å². The monoisotopic (exact) mass is 1080 g/mol. The van der Waals surface area contributed by atoms with Gasteiger partial charge in [-0.15, -0.1) is 0 Å². The maximum atomic E-state index is 15.5. The number of fused-ring (bicyclic) bond motifs is 5. The second-order valence-electron chi connectivity index (χ2n) is 27.6. The fraction of sp³-hybridized carbons (Fsp3) is 0.714. The van der Waals surface area contributed by atoms with Crippen LogP contribution < -0.4 is 16.0 Å². The number of carbonyl (C=O) groups excluding carboxylic acids is 6. The number of hydrogen-bond donors (Lipinski definition) is 3. The van der Waals surface area contributed by atoms with Crippen molar-refractivity contribution in [3.8, 4) is 0 Å². The Labute approximate surface area is 466 Å². The molecule has 15 heteroatoms. The molecule has 3 saturated carbocycles. The van der Waals surface area contributed by atoms with E-state index in [1.807, 2.05) is 102 Å². The van der Waals surface area contributed by atoms with Crippen LogP contribution >= 0.6 is 0 Å². The van der Waals surface area contributed by atoms with E-state index >= 15 is 9.59 Å². The van der Waals surface area contributed by atoms with Crippen LogP contribution in [0.25, 0.3) is 0 Å². The molecule has 78 heavy (non-hydrogen) atoms. The fourth-order valence-electron chi connectivity index (χ4n) is 14.9. The predicted octanol–water partition coefficient (Wildman–Crippen LogP) is 9.44. The fourth-order valence-corrected chi connectivity index (χ4v) is 14.9. The summed E-state index contributed by atoms with van der Waals surface area (Å²) in [6.45, 7) is 26.3. The van der Waals surface area contributed by atoms with Crippen LogP contribution in [-0.4, -0.2) is 119 Å². The molecule has 0 aromatic heterocycles. The lowest BCUT2D eigenvalue weighted by Crippen LogP contribution is -2.57. The molecule has 13 atom stereocenters. The van der Waals surface area contributed by atoms with Gasteiger partial charge in [-0.3, -0.25) is 19.2 Å². The summed E-state index contributed by atoms with van der Waals surface area (Å²) in [6.07, 6.45) is 6.50. The third-order valence-electron chi connectivity index (χ3n) is 18.4. The molecule has 2 saturated heterocycles. The van der Waals surface area contributed by atoms with Gasteiger partial charge in [0.2, 0.25) is 23.6 Å². The third-order valence-corrected chi connectivity index (χ3v) is 18.4.